The smallest absolute Gasteiger partial charge is 0.159 e. The fraction of sp³-hybridized carbons (Fsp3) is 0.143. The second kappa shape index (κ2) is 5.08. The molecule has 20 heavy (non-hydrogen) atoms. The van der Waals surface area contributed by atoms with Gasteiger partial charge in [0.05, 0.1) is 19.0 Å². The summed E-state index contributed by atoms with van der Waals surface area (Å²) in [7, 11) is 3.50. The van der Waals surface area contributed by atoms with Crippen molar-refractivity contribution in [3.05, 3.63) is 42.6 Å². The number of para-hydroxylation sites is 2. The number of aromatic nitrogens is 3. The summed E-state index contributed by atoms with van der Waals surface area (Å²) in [5.74, 6) is 2.36. The van der Waals surface area contributed by atoms with Gasteiger partial charge in [0.15, 0.2) is 5.65 Å². The predicted molar refractivity (Wildman–Crippen MR) is 78.8 cm³/mol. The van der Waals surface area contributed by atoms with Crippen LogP contribution in [0.5, 0.6) is 5.75 Å². The zero-order valence-corrected chi connectivity index (χ0v) is 11.3. The van der Waals surface area contributed by atoms with E-state index in [2.05, 4.69) is 20.7 Å². The molecule has 0 spiro atoms. The minimum Gasteiger partial charge on any atom is -0.495 e. The maximum atomic E-state index is 5.32. The quantitative estimate of drug-likeness (QED) is 0.762. The number of anilines is 3. The van der Waals surface area contributed by atoms with Crippen molar-refractivity contribution < 1.29 is 4.74 Å². The van der Waals surface area contributed by atoms with Crippen molar-refractivity contribution in [3.8, 4) is 5.75 Å². The Bertz CT molecular complexity index is 737. The van der Waals surface area contributed by atoms with Gasteiger partial charge in [0.1, 0.15) is 17.4 Å². The second-order valence-electron chi connectivity index (χ2n) is 4.20. The molecular formula is C14H15N5O. The summed E-state index contributed by atoms with van der Waals surface area (Å²) < 4.78 is 7.07. The fourth-order valence-corrected chi connectivity index (χ4v) is 2.04. The van der Waals surface area contributed by atoms with Crippen molar-refractivity contribution in [3.63, 3.8) is 0 Å². The Morgan fingerprint density at radius 3 is 2.85 bits per heavy atom. The molecule has 2 heterocycles. The van der Waals surface area contributed by atoms with Gasteiger partial charge in [0.2, 0.25) is 0 Å². The lowest BCUT2D eigenvalue weighted by atomic mass is 10.3. The lowest BCUT2D eigenvalue weighted by Gasteiger charge is -2.12. The number of fused-ring (bicyclic) bond motifs is 1. The molecule has 0 saturated carbocycles. The number of nitrogens with zero attached hydrogens (tertiary/aromatic N) is 3. The van der Waals surface area contributed by atoms with Gasteiger partial charge in [-0.2, -0.15) is 9.61 Å². The summed E-state index contributed by atoms with van der Waals surface area (Å²) in [5.41, 5.74) is 1.64. The number of hydrogen-bond acceptors (Lipinski definition) is 5. The van der Waals surface area contributed by atoms with Gasteiger partial charge in [-0.3, -0.25) is 0 Å². The molecule has 0 aliphatic carbocycles. The molecule has 0 radical (unpaired) electrons. The molecule has 3 aromatic rings. The third-order valence-electron chi connectivity index (χ3n) is 2.99. The van der Waals surface area contributed by atoms with Gasteiger partial charge in [-0.15, -0.1) is 0 Å². The Hall–Kier alpha value is -2.76. The molecule has 102 valence electrons. The Balaban J connectivity index is 2.02. The predicted octanol–water partition coefficient (Wildman–Crippen LogP) is 2.52. The van der Waals surface area contributed by atoms with Crippen molar-refractivity contribution in [2.24, 2.45) is 0 Å². The molecule has 0 aliphatic rings. The third-order valence-corrected chi connectivity index (χ3v) is 2.99. The van der Waals surface area contributed by atoms with E-state index < -0.39 is 0 Å². The van der Waals surface area contributed by atoms with Gasteiger partial charge < -0.3 is 15.4 Å². The van der Waals surface area contributed by atoms with Crippen LogP contribution in [0.1, 0.15) is 0 Å². The molecule has 0 aliphatic heterocycles. The van der Waals surface area contributed by atoms with E-state index >= 15 is 0 Å². The summed E-state index contributed by atoms with van der Waals surface area (Å²) >= 11 is 0. The molecule has 3 rings (SSSR count). The zero-order valence-electron chi connectivity index (χ0n) is 11.3. The van der Waals surface area contributed by atoms with Gasteiger partial charge in [-0.25, -0.2) is 4.98 Å². The highest BCUT2D eigenvalue weighted by Gasteiger charge is 2.07. The number of nitrogens with one attached hydrogen (secondary N) is 2. The minimum absolute atomic E-state index is 0.729. The Morgan fingerprint density at radius 1 is 1.20 bits per heavy atom. The molecule has 1 aromatic carbocycles. The first-order valence-electron chi connectivity index (χ1n) is 6.24. The van der Waals surface area contributed by atoms with E-state index in [-0.39, 0.29) is 0 Å². The molecule has 2 aromatic heterocycles. The maximum Gasteiger partial charge on any atom is 0.159 e. The highest BCUT2D eigenvalue weighted by molar-refractivity contribution is 5.67. The average molecular weight is 269 g/mol. The van der Waals surface area contributed by atoms with Crippen molar-refractivity contribution in [1.82, 2.24) is 14.6 Å². The van der Waals surface area contributed by atoms with Crippen molar-refractivity contribution in [1.29, 1.82) is 0 Å². The first-order chi connectivity index (χ1) is 9.81. The maximum absolute atomic E-state index is 5.32. The topological polar surface area (TPSA) is 63.5 Å². The summed E-state index contributed by atoms with van der Waals surface area (Å²) in [6, 6.07) is 11.5. The lowest BCUT2D eigenvalue weighted by Crippen LogP contribution is -2.04. The highest BCUT2D eigenvalue weighted by Crippen LogP contribution is 2.27. The molecule has 6 nitrogen and oxygen atoms in total. The number of rotatable bonds is 4. The molecule has 0 fully saturated rings. The first-order valence-corrected chi connectivity index (χ1v) is 6.24. The normalized spacial score (nSPS) is 10.5. The standard InChI is InChI=1S/C14H15N5O/c1-15-14-9-12(18-13-7-8-16-19(13)14)17-10-5-3-4-6-11(10)20-2/h3-9,15H,1-2H3,(H,17,18). The number of methoxy groups -OCH3 is 1. The van der Waals surface area contributed by atoms with E-state index in [1.54, 1.807) is 17.8 Å². The Morgan fingerprint density at radius 2 is 2.05 bits per heavy atom. The van der Waals surface area contributed by atoms with Crippen LogP contribution in [0.25, 0.3) is 5.65 Å². The monoisotopic (exact) mass is 269 g/mol. The van der Waals surface area contributed by atoms with Crippen LogP contribution in [-0.4, -0.2) is 28.8 Å². The van der Waals surface area contributed by atoms with Crippen molar-refractivity contribution in [2.75, 3.05) is 24.8 Å². The van der Waals surface area contributed by atoms with Gasteiger partial charge in [0.25, 0.3) is 0 Å². The molecular weight excluding hydrogens is 254 g/mol. The van der Waals surface area contributed by atoms with Crippen LogP contribution in [0.4, 0.5) is 17.3 Å². The van der Waals surface area contributed by atoms with Crippen molar-refractivity contribution in [2.45, 2.75) is 0 Å². The zero-order chi connectivity index (χ0) is 13.9. The summed E-state index contributed by atoms with van der Waals surface area (Å²) in [5, 5.41) is 10.6. The highest BCUT2D eigenvalue weighted by atomic mass is 16.5. The molecule has 2 N–H and O–H groups in total. The molecule has 0 saturated heterocycles. The van der Waals surface area contributed by atoms with Gasteiger partial charge in [-0.1, -0.05) is 12.1 Å². The van der Waals surface area contributed by atoms with Crippen LogP contribution in [-0.2, 0) is 0 Å². The van der Waals surface area contributed by atoms with Gasteiger partial charge >= 0.3 is 0 Å². The van der Waals surface area contributed by atoms with Crippen LogP contribution in [0.15, 0.2) is 42.6 Å². The largest absolute Gasteiger partial charge is 0.495 e. The van der Waals surface area contributed by atoms with E-state index in [0.717, 1.165) is 28.7 Å². The van der Waals surface area contributed by atoms with E-state index in [1.165, 1.54) is 0 Å². The van der Waals surface area contributed by atoms with Gasteiger partial charge in [0, 0.05) is 19.2 Å². The second-order valence-corrected chi connectivity index (χ2v) is 4.20. The number of hydrogen-bond donors (Lipinski definition) is 2. The van der Waals surface area contributed by atoms with Crippen LogP contribution in [0.2, 0.25) is 0 Å². The molecule has 0 unspecified atom stereocenters. The van der Waals surface area contributed by atoms with E-state index in [4.69, 9.17) is 4.74 Å². The van der Waals surface area contributed by atoms with E-state index in [9.17, 15) is 0 Å². The molecule has 0 amide bonds. The molecule has 0 atom stereocenters. The van der Waals surface area contributed by atoms with Crippen LogP contribution >= 0.6 is 0 Å². The fourth-order valence-electron chi connectivity index (χ4n) is 2.04. The minimum atomic E-state index is 0.729. The Kier molecular flexibility index (Phi) is 3.12. The van der Waals surface area contributed by atoms with E-state index in [0.29, 0.717) is 0 Å². The number of ether oxygens (including phenoxy) is 1. The average Bonchev–Trinajstić information content (AvgIpc) is 2.95. The van der Waals surface area contributed by atoms with Gasteiger partial charge in [-0.05, 0) is 12.1 Å². The van der Waals surface area contributed by atoms with Crippen molar-refractivity contribution >= 4 is 23.0 Å². The summed E-state index contributed by atoms with van der Waals surface area (Å²) in [6.45, 7) is 0. The third kappa shape index (κ3) is 2.11. The molecule has 6 heteroatoms. The SMILES string of the molecule is CNc1cc(Nc2ccccc2OC)nc2ccnn12. The van der Waals surface area contributed by atoms with Crippen LogP contribution in [0, 0.1) is 0 Å². The lowest BCUT2D eigenvalue weighted by molar-refractivity contribution is 0.417. The van der Waals surface area contributed by atoms with Crippen LogP contribution < -0.4 is 15.4 Å². The van der Waals surface area contributed by atoms with E-state index in [1.807, 2.05) is 43.4 Å². The Labute approximate surface area is 116 Å². The number of benzene rings is 1. The first kappa shape index (κ1) is 12.3. The molecule has 0 bridgehead atoms. The summed E-state index contributed by atoms with van der Waals surface area (Å²) in [6.07, 6.45) is 1.72. The van der Waals surface area contributed by atoms with Crippen LogP contribution in [0.3, 0.4) is 0 Å². The summed E-state index contributed by atoms with van der Waals surface area (Å²) in [4.78, 5) is 4.51.